The molecule has 2 heterocycles. The molecule has 10 heteroatoms. The van der Waals surface area contributed by atoms with Gasteiger partial charge in [-0.15, -0.1) is 0 Å². The van der Waals surface area contributed by atoms with E-state index in [9.17, 15) is 19.5 Å². The Morgan fingerprint density at radius 3 is 2.15 bits per heavy atom. The maximum absolute atomic E-state index is 14.0. The Morgan fingerprint density at radius 2 is 1.42 bits per heavy atom. The van der Waals surface area contributed by atoms with Crippen LogP contribution in [0.2, 0.25) is 0 Å². The molecule has 0 radical (unpaired) electrons. The van der Waals surface area contributed by atoms with Crippen LogP contribution in [0.4, 0.5) is 10.5 Å². The van der Waals surface area contributed by atoms with Gasteiger partial charge in [0.1, 0.15) is 11.9 Å². The summed E-state index contributed by atoms with van der Waals surface area (Å²) < 4.78 is 5.83. The Hall–Kier alpha value is -4.41. The fourth-order valence-corrected chi connectivity index (χ4v) is 7.13. The Labute approximate surface area is 309 Å². The number of ether oxygens (including phenoxy) is 1. The molecule has 0 atom stereocenters. The standard InChI is InChI=1S/C42H57N5O5/c1-2-3-10-29-46(47(33-34-19-21-36(48)22-20-34)40(49)18-13-28-44-26-11-5-12-27-44)41(50)25-32-45-30-23-37(24-31-45)52-42(51)43-39-17-9-8-16-38(39)35-14-6-4-7-15-35/h4,6-9,14-17,19-22,37,48H,2-3,5,10-13,18,23-33H2,1H3,(H,43,51). The van der Waals surface area contributed by atoms with Crippen molar-refractivity contribution in [2.24, 2.45) is 0 Å². The van der Waals surface area contributed by atoms with E-state index < -0.39 is 6.09 Å². The van der Waals surface area contributed by atoms with E-state index in [1.807, 2.05) is 66.7 Å². The number of hydrogen-bond acceptors (Lipinski definition) is 7. The molecule has 2 aliphatic heterocycles. The number of para-hydroxylation sites is 1. The van der Waals surface area contributed by atoms with Crippen molar-refractivity contribution in [2.45, 2.75) is 90.2 Å². The summed E-state index contributed by atoms with van der Waals surface area (Å²) in [5.41, 5.74) is 3.53. The highest BCUT2D eigenvalue weighted by atomic mass is 16.6. The van der Waals surface area contributed by atoms with Crippen molar-refractivity contribution in [3.05, 3.63) is 84.4 Å². The van der Waals surface area contributed by atoms with Crippen molar-refractivity contribution < 1.29 is 24.2 Å². The van der Waals surface area contributed by atoms with Crippen molar-refractivity contribution in [1.29, 1.82) is 0 Å². The Morgan fingerprint density at radius 1 is 0.750 bits per heavy atom. The van der Waals surface area contributed by atoms with Crippen molar-refractivity contribution in [1.82, 2.24) is 19.8 Å². The lowest BCUT2D eigenvalue weighted by Crippen LogP contribution is -2.50. The number of nitrogens with zero attached hydrogens (tertiary/aromatic N) is 4. The van der Waals surface area contributed by atoms with E-state index in [1.54, 1.807) is 22.2 Å². The zero-order valence-corrected chi connectivity index (χ0v) is 30.9. The van der Waals surface area contributed by atoms with Gasteiger partial charge < -0.3 is 19.6 Å². The van der Waals surface area contributed by atoms with Crippen LogP contribution < -0.4 is 5.32 Å². The van der Waals surface area contributed by atoms with E-state index in [0.717, 1.165) is 62.0 Å². The van der Waals surface area contributed by atoms with Gasteiger partial charge in [0, 0.05) is 44.6 Å². The van der Waals surface area contributed by atoms with Gasteiger partial charge in [0.2, 0.25) is 11.8 Å². The van der Waals surface area contributed by atoms with E-state index in [2.05, 4.69) is 22.0 Å². The minimum atomic E-state index is -0.464. The lowest BCUT2D eigenvalue weighted by atomic mass is 10.0. The number of nitrogens with one attached hydrogen (secondary N) is 1. The zero-order chi connectivity index (χ0) is 36.5. The molecular weight excluding hydrogens is 654 g/mol. The Balaban J connectivity index is 1.14. The maximum atomic E-state index is 14.0. The first-order valence-electron chi connectivity index (χ1n) is 19.3. The van der Waals surface area contributed by atoms with E-state index in [4.69, 9.17) is 4.74 Å². The molecule has 3 aromatic rings. The van der Waals surface area contributed by atoms with Crippen LogP contribution in [0, 0.1) is 0 Å². The molecule has 0 bridgehead atoms. The lowest BCUT2D eigenvalue weighted by molar-refractivity contribution is -0.166. The first-order valence-corrected chi connectivity index (χ1v) is 19.3. The number of hydrazine groups is 1. The molecule has 2 fully saturated rings. The van der Waals surface area contributed by atoms with Crippen LogP contribution in [0.3, 0.4) is 0 Å². The highest BCUT2D eigenvalue weighted by Crippen LogP contribution is 2.28. The zero-order valence-electron chi connectivity index (χ0n) is 30.9. The molecule has 0 aliphatic carbocycles. The molecule has 5 rings (SSSR count). The average Bonchev–Trinajstić information content (AvgIpc) is 3.17. The summed E-state index contributed by atoms with van der Waals surface area (Å²) in [6.07, 6.45) is 8.64. The number of aromatic hydroxyl groups is 1. The number of piperidine rings is 2. The van der Waals surface area contributed by atoms with Gasteiger partial charge in [0.05, 0.1) is 12.2 Å². The van der Waals surface area contributed by atoms with Crippen LogP contribution in [0.1, 0.15) is 83.1 Å². The van der Waals surface area contributed by atoms with Gasteiger partial charge >= 0.3 is 6.09 Å². The first-order chi connectivity index (χ1) is 25.4. The monoisotopic (exact) mass is 711 g/mol. The van der Waals surface area contributed by atoms with E-state index >= 15 is 0 Å². The number of benzene rings is 3. The molecule has 3 amide bonds. The molecular formula is C42H57N5O5. The smallest absolute Gasteiger partial charge is 0.411 e. The van der Waals surface area contributed by atoms with Crippen LogP contribution >= 0.6 is 0 Å². The number of phenols is 1. The first kappa shape index (κ1) is 38.8. The number of hydrogen-bond donors (Lipinski definition) is 2. The molecule has 3 aromatic carbocycles. The van der Waals surface area contributed by atoms with Crippen molar-refractivity contribution in [3.63, 3.8) is 0 Å². The third kappa shape index (κ3) is 12.1. The second-order valence-corrected chi connectivity index (χ2v) is 14.1. The predicted molar refractivity (Wildman–Crippen MR) is 205 cm³/mol. The highest BCUT2D eigenvalue weighted by Gasteiger charge is 2.28. The normalized spacial score (nSPS) is 15.6. The van der Waals surface area contributed by atoms with Crippen LogP contribution in [0.25, 0.3) is 11.1 Å². The van der Waals surface area contributed by atoms with Gasteiger partial charge in [-0.1, -0.05) is 86.8 Å². The van der Waals surface area contributed by atoms with Crippen molar-refractivity contribution in [2.75, 3.05) is 51.1 Å². The number of phenolic OH excluding ortho intramolecular Hbond substituents is 1. The molecule has 2 N–H and O–H groups in total. The molecule has 0 saturated carbocycles. The number of carbonyl (C=O) groups excluding carboxylic acids is 3. The molecule has 52 heavy (non-hydrogen) atoms. The highest BCUT2D eigenvalue weighted by molar-refractivity contribution is 5.91. The number of amides is 3. The van der Waals surface area contributed by atoms with Crippen molar-refractivity contribution >= 4 is 23.6 Å². The number of rotatable bonds is 16. The topological polar surface area (TPSA) is 106 Å². The number of anilines is 1. The average molecular weight is 712 g/mol. The van der Waals surface area contributed by atoms with Gasteiger partial charge in [-0.3, -0.25) is 19.9 Å². The molecule has 0 unspecified atom stereocenters. The molecule has 0 spiro atoms. The summed E-state index contributed by atoms with van der Waals surface area (Å²) in [4.78, 5) is 45.5. The fraction of sp³-hybridized carbons (Fsp3) is 0.500. The quantitative estimate of drug-likeness (QED) is 0.116. The Bertz CT molecular complexity index is 1540. The summed E-state index contributed by atoms with van der Waals surface area (Å²) in [5.74, 6) is 0.0638. The van der Waals surface area contributed by atoms with Crippen LogP contribution in [0.15, 0.2) is 78.9 Å². The van der Waals surface area contributed by atoms with Gasteiger partial charge in [-0.2, -0.15) is 0 Å². The van der Waals surface area contributed by atoms with Crippen LogP contribution in [-0.4, -0.2) is 94.7 Å². The molecule has 2 aliphatic rings. The minimum Gasteiger partial charge on any atom is -0.508 e. The summed E-state index contributed by atoms with van der Waals surface area (Å²) in [6.45, 7) is 7.98. The third-order valence-electron chi connectivity index (χ3n) is 10.1. The molecule has 2 saturated heterocycles. The predicted octanol–water partition coefficient (Wildman–Crippen LogP) is 7.69. The van der Waals surface area contributed by atoms with Crippen LogP contribution in [-0.2, 0) is 20.9 Å². The lowest BCUT2D eigenvalue weighted by Gasteiger charge is -2.37. The SMILES string of the molecule is CCCCCN(C(=O)CCN1CCC(OC(=O)Nc2ccccc2-c2ccccc2)CC1)N(Cc1ccc(O)cc1)C(=O)CCCN1CCCCC1. The minimum absolute atomic E-state index is 0.0439. The third-order valence-corrected chi connectivity index (χ3v) is 10.1. The summed E-state index contributed by atoms with van der Waals surface area (Å²) >= 11 is 0. The second-order valence-electron chi connectivity index (χ2n) is 14.1. The van der Waals surface area contributed by atoms with Gasteiger partial charge in [-0.05, 0) is 87.5 Å². The summed E-state index contributed by atoms with van der Waals surface area (Å²) in [6, 6.07) is 24.5. The maximum Gasteiger partial charge on any atom is 0.411 e. The number of likely N-dealkylation sites (tertiary alicyclic amines) is 2. The Kier molecular flexibility index (Phi) is 15.4. The molecule has 0 aromatic heterocycles. The number of unbranched alkanes of at least 4 members (excludes halogenated alkanes) is 2. The molecule has 280 valence electrons. The second kappa shape index (κ2) is 20.6. The van der Waals surface area contributed by atoms with E-state index in [-0.39, 0.29) is 30.2 Å². The van der Waals surface area contributed by atoms with Gasteiger partial charge in [-0.25, -0.2) is 9.80 Å². The fourth-order valence-electron chi connectivity index (χ4n) is 7.13. The van der Waals surface area contributed by atoms with Gasteiger partial charge in [0.25, 0.3) is 0 Å². The summed E-state index contributed by atoms with van der Waals surface area (Å²) in [7, 11) is 0. The van der Waals surface area contributed by atoms with E-state index in [1.165, 1.54) is 19.3 Å². The van der Waals surface area contributed by atoms with Crippen LogP contribution in [0.5, 0.6) is 5.75 Å². The van der Waals surface area contributed by atoms with Gasteiger partial charge in [0.15, 0.2) is 0 Å². The van der Waals surface area contributed by atoms with E-state index in [0.29, 0.717) is 57.5 Å². The van der Waals surface area contributed by atoms with Crippen molar-refractivity contribution in [3.8, 4) is 16.9 Å². The number of carbonyl (C=O) groups is 3. The summed E-state index contributed by atoms with van der Waals surface area (Å²) in [5, 5.41) is 16.2. The largest absolute Gasteiger partial charge is 0.508 e. The molecule has 10 nitrogen and oxygen atoms in total.